The van der Waals surface area contributed by atoms with E-state index in [0.29, 0.717) is 6.54 Å². The van der Waals surface area contributed by atoms with E-state index < -0.39 is 0 Å². The molecule has 1 saturated heterocycles. The minimum atomic E-state index is 0.0254. The zero-order valence-corrected chi connectivity index (χ0v) is 9.46. The van der Waals surface area contributed by atoms with Crippen molar-refractivity contribution in [3.8, 4) is 0 Å². The van der Waals surface area contributed by atoms with Gasteiger partial charge >= 0.3 is 0 Å². The lowest BCUT2D eigenvalue weighted by atomic mass is 10.0. The predicted molar refractivity (Wildman–Crippen MR) is 63.1 cm³/mol. The molecule has 1 aromatic rings. The van der Waals surface area contributed by atoms with E-state index in [-0.39, 0.29) is 11.9 Å². The van der Waals surface area contributed by atoms with E-state index >= 15 is 0 Å². The Morgan fingerprint density at radius 1 is 1.50 bits per heavy atom. The Kier molecular flexibility index (Phi) is 3.99. The van der Waals surface area contributed by atoms with Gasteiger partial charge < -0.3 is 15.6 Å². The highest BCUT2D eigenvalue weighted by atomic mass is 16.2. The fraction of sp³-hybridized carbons (Fsp3) is 0.583. The second kappa shape index (κ2) is 5.70. The first kappa shape index (κ1) is 11.2. The first-order chi connectivity index (χ1) is 7.86. The van der Waals surface area contributed by atoms with Crippen molar-refractivity contribution in [2.45, 2.75) is 31.7 Å². The van der Waals surface area contributed by atoms with Gasteiger partial charge in [-0.15, -0.1) is 0 Å². The summed E-state index contributed by atoms with van der Waals surface area (Å²) < 4.78 is 0. The Balaban J connectivity index is 1.67. The Bertz CT molecular complexity index is 315. The predicted octanol–water partition coefficient (Wildman–Crippen LogP) is 0.815. The number of nitrogens with one attached hydrogen (secondary N) is 3. The van der Waals surface area contributed by atoms with Crippen LogP contribution in [0.5, 0.6) is 0 Å². The first-order valence-corrected chi connectivity index (χ1v) is 5.99. The van der Waals surface area contributed by atoms with Gasteiger partial charge in [-0.3, -0.25) is 4.79 Å². The molecule has 0 radical (unpaired) electrons. The molecule has 1 amide bonds. The topological polar surface area (TPSA) is 56.9 Å². The molecule has 4 nitrogen and oxygen atoms in total. The van der Waals surface area contributed by atoms with E-state index in [0.717, 1.165) is 31.5 Å². The Labute approximate surface area is 95.8 Å². The van der Waals surface area contributed by atoms with Crippen LogP contribution < -0.4 is 10.6 Å². The van der Waals surface area contributed by atoms with E-state index in [9.17, 15) is 4.79 Å². The minimum absolute atomic E-state index is 0.0254. The van der Waals surface area contributed by atoms with Crippen LogP contribution in [0.1, 0.15) is 25.0 Å². The van der Waals surface area contributed by atoms with Crippen LogP contribution in [0.2, 0.25) is 0 Å². The molecule has 0 spiro atoms. The average Bonchev–Trinajstić information content (AvgIpc) is 2.83. The molecule has 1 aromatic heterocycles. The largest absolute Gasteiger partial charge is 0.365 e. The van der Waals surface area contributed by atoms with Crippen LogP contribution >= 0.6 is 0 Å². The van der Waals surface area contributed by atoms with Crippen LogP contribution in [0.15, 0.2) is 18.3 Å². The molecule has 0 aliphatic carbocycles. The smallest absolute Gasteiger partial charge is 0.237 e. The molecule has 4 heteroatoms. The quantitative estimate of drug-likeness (QED) is 0.705. The van der Waals surface area contributed by atoms with Crippen molar-refractivity contribution in [2.24, 2.45) is 0 Å². The summed E-state index contributed by atoms with van der Waals surface area (Å²) in [5.74, 6) is 0.145. The maximum Gasteiger partial charge on any atom is 0.237 e. The summed E-state index contributed by atoms with van der Waals surface area (Å²) in [6, 6.07) is 4.03. The highest BCUT2D eigenvalue weighted by Crippen LogP contribution is 2.06. The van der Waals surface area contributed by atoms with Crippen molar-refractivity contribution in [1.29, 1.82) is 0 Å². The maximum absolute atomic E-state index is 11.7. The van der Waals surface area contributed by atoms with Gasteiger partial charge in [-0.25, -0.2) is 0 Å². The van der Waals surface area contributed by atoms with Crippen molar-refractivity contribution in [3.63, 3.8) is 0 Å². The number of hydrogen-bond acceptors (Lipinski definition) is 2. The molecule has 1 fully saturated rings. The molecule has 2 heterocycles. The van der Waals surface area contributed by atoms with Gasteiger partial charge in [0, 0.05) is 24.9 Å². The zero-order chi connectivity index (χ0) is 11.2. The standard InChI is InChI=1S/C12H19N3O/c16-12(11-5-1-2-7-14-11)15-9-6-10-4-3-8-13-10/h3-4,8,11,13-14H,1-2,5-7,9H2,(H,15,16). The van der Waals surface area contributed by atoms with Crippen LogP contribution in [0.3, 0.4) is 0 Å². The molecule has 0 saturated carbocycles. The van der Waals surface area contributed by atoms with Crippen molar-refractivity contribution >= 4 is 5.91 Å². The summed E-state index contributed by atoms with van der Waals surface area (Å²) in [6.07, 6.45) is 6.08. The summed E-state index contributed by atoms with van der Waals surface area (Å²) in [6.45, 7) is 1.67. The number of aromatic amines is 1. The molecule has 3 N–H and O–H groups in total. The third kappa shape index (κ3) is 3.10. The van der Waals surface area contributed by atoms with Crippen LogP contribution in [0.4, 0.5) is 0 Å². The fourth-order valence-corrected chi connectivity index (χ4v) is 2.04. The zero-order valence-electron chi connectivity index (χ0n) is 9.46. The van der Waals surface area contributed by atoms with Crippen molar-refractivity contribution in [3.05, 3.63) is 24.0 Å². The lowest BCUT2D eigenvalue weighted by molar-refractivity contribution is -0.123. The lowest BCUT2D eigenvalue weighted by Crippen LogP contribution is -2.47. The molecule has 1 aliphatic rings. The summed E-state index contributed by atoms with van der Waals surface area (Å²) >= 11 is 0. The number of carbonyl (C=O) groups excluding carboxylic acids is 1. The fourth-order valence-electron chi connectivity index (χ4n) is 2.04. The molecular formula is C12H19N3O. The summed E-state index contributed by atoms with van der Waals surface area (Å²) in [5.41, 5.74) is 1.16. The van der Waals surface area contributed by atoms with Crippen molar-refractivity contribution < 1.29 is 4.79 Å². The highest BCUT2D eigenvalue weighted by molar-refractivity contribution is 5.81. The number of amides is 1. The normalized spacial score (nSPS) is 20.6. The van der Waals surface area contributed by atoms with Gasteiger partial charge in [0.25, 0.3) is 0 Å². The van der Waals surface area contributed by atoms with E-state index in [1.54, 1.807) is 0 Å². The maximum atomic E-state index is 11.7. The minimum Gasteiger partial charge on any atom is -0.365 e. The number of carbonyl (C=O) groups is 1. The molecule has 0 bridgehead atoms. The van der Waals surface area contributed by atoms with E-state index in [2.05, 4.69) is 15.6 Å². The summed E-state index contributed by atoms with van der Waals surface area (Å²) in [7, 11) is 0. The average molecular weight is 221 g/mol. The van der Waals surface area contributed by atoms with Gasteiger partial charge in [0.15, 0.2) is 0 Å². The summed E-state index contributed by atoms with van der Waals surface area (Å²) in [5, 5.41) is 6.21. The van der Waals surface area contributed by atoms with Crippen molar-refractivity contribution in [2.75, 3.05) is 13.1 Å². The second-order valence-corrected chi connectivity index (χ2v) is 4.24. The molecule has 88 valence electrons. The molecule has 16 heavy (non-hydrogen) atoms. The first-order valence-electron chi connectivity index (χ1n) is 5.99. The lowest BCUT2D eigenvalue weighted by Gasteiger charge is -2.22. The van der Waals surface area contributed by atoms with Crippen LogP contribution in [0.25, 0.3) is 0 Å². The molecule has 1 atom stereocenters. The van der Waals surface area contributed by atoms with Gasteiger partial charge in [-0.1, -0.05) is 6.42 Å². The van der Waals surface area contributed by atoms with E-state index in [1.807, 2.05) is 18.3 Å². The number of hydrogen-bond donors (Lipinski definition) is 3. The Morgan fingerprint density at radius 3 is 3.12 bits per heavy atom. The highest BCUT2D eigenvalue weighted by Gasteiger charge is 2.19. The number of rotatable bonds is 4. The SMILES string of the molecule is O=C(NCCc1ccc[nH]1)C1CCCCN1. The Hall–Kier alpha value is -1.29. The summed E-state index contributed by atoms with van der Waals surface area (Å²) in [4.78, 5) is 14.9. The van der Waals surface area contributed by atoms with E-state index in [4.69, 9.17) is 0 Å². The van der Waals surface area contributed by atoms with Gasteiger partial charge in [-0.05, 0) is 31.5 Å². The van der Waals surface area contributed by atoms with Gasteiger partial charge in [-0.2, -0.15) is 0 Å². The Morgan fingerprint density at radius 2 is 2.44 bits per heavy atom. The number of H-pyrrole nitrogens is 1. The van der Waals surface area contributed by atoms with Crippen LogP contribution in [-0.4, -0.2) is 30.0 Å². The van der Waals surface area contributed by atoms with Gasteiger partial charge in [0.2, 0.25) is 5.91 Å². The molecule has 0 aromatic carbocycles. The van der Waals surface area contributed by atoms with Gasteiger partial charge in [0.05, 0.1) is 6.04 Å². The molecular weight excluding hydrogens is 202 g/mol. The molecule has 1 unspecified atom stereocenters. The van der Waals surface area contributed by atoms with Crippen LogP contribution in [-0.2, 0) is 11.2 Å². The monoisotopic (exact) mass is 221 g/mol. The van der Waals surface area contributed by atoms with E-state index in [1.165, 1.54) is 6.42 Å². The molecule has 1 aliphatic heterocycles. The third-order valence-corrected chi connectivity index (χ3v) is 2.98. The van der Waals surface area contributed by atoms with Crippen molar-refractivity contribution in [1.82, 2.24) is 15.6 Å². The second-order valence-electron chi connectivity index (χ2n) is 4.24. The van der Waals surface area contributed by atoms with Crippen LogP contribution in [0, 0.1) is 0 Å². The van der Waals surface area contributed by atoms with Gasteiger partial charge in [0.1, 0.15) is 0 Å². The number of aromatic nitrogens is 1. The number of piperidine rings is 1. The molecule has 2 rings (SSSR count). The third-order valence-electron chi connectivity index (χ3n) is 2.98.